The fourth-order valence-corrected chi connectivity index (χ4v) is 3.06. The van der Waals surface area contributed by atoms with Gasteiger partial charge < -0.3 is 0 Å². The second kappa shape index (κ2) is 20.2. The average Bonchev–Trinajstić information content (AvgIpc) is 2.78. The number of hydrogen-bond acceptors (Lipinski definition) is 2. The fraction of sp³-hybridized carbons (Fsp3) is 0.677. The molecule has 1 atom stereocenters. The summed E-state index contributed by atoms with van der Waals surface area (Å²) in [6.45, 7) is 23.9. The van der Waals surface area contributed by atoms with Crippen LogP contribution in [0.25, 0.3) is 5.57 Å². The Morgan fingerprint density at radius 2 is 1.36 bits per heavy atom. The quantitative estimate of drug-likeness (QED) is 0.302. The summed E-state index contributed by atoms with van der Waals surface area (Å²) in [5.74, 6) is -2.18. The molecule has 1 rings (SSSR count). The maximum absolute atomic E-state index is 14.8. The van der Waals surface area contributed by atoms with Gasteiger partial charge in [0.1, 0.15) is 5.67 Å². The summed E-state index contributed by atoms with van der Waals surface area (Å²) in [7, 11) is 0. The third kappa shape index (κ3) is 19.3. The number of halogens is 3. The first-order valence-electron chi connectivity index (χ1n) is 13.4. The van der Waals surface area contributed by atoms with Gasteiger partial charge in [-0.1, -0.05) is 85.6 Å². The number of aliphatic imine (C=N–C) groups is 1. The van der Waals surface area contributed by atoms with Gasteiger partial charge in [0.15, 0.2) is 5.78 Å². The van der Waals surface area contributed by atoms with Gasteiger partial charge in [-0.15, -0.1) is 0 Å². The Hall–Kier alpha value is -1.91. The van der Waals surface area contributed by atoms with Gasteiger partial charge in [-0.2, -0.15) is 0 Å². The number of alkyl halides is 3. The lowest BCUT2D eigenvalue weighted by Crippen LogP contribution is -2.17. The third-order valence-corrected chi connectivity index (χ3v) is 5.07. The number of nitrogens with zero attached hydrogens (tertiary/aromatic N) is 1. The van der Waals surface area contributed by atoms with Crippen molar-refractivity contribution < 1.29 is 18.0 Å². The number of benzene rings is 1. The van der Waals surface area contributed by atoms with Crippen LogP contribution < -0.4 is 0 Å². The molecule has 0 fully saturated rings. The highest BCUT2D eigenvalue weighted by atomic mass is 19.3. The average molecular weight is 514 g/mol. The summed E-state index contributed by atoms with van der Waals surface area (Å²) < 4.78 is 38.6. The molecule has 2 nitrogen and oxygen atoms in total. The van der Waals surface area contributed by atoms with Crippen LogP contribution >= 0.6 is 0 Å². The molecule has 210 valence electrons. The van der Waals surface area contributed by atoms with Gasteiger partial charge in [0.2, 0.25) is 5.92 Å². The van der Waals surface area contributed by atoms with Crippen LogP contribution in [-0.4, -0.2) is 17.4 Å². The van der Waals surface area contributed by atoms with Crippen molar-refractivity contribution in [3.8, 4) is 0 Å². The molecule has 0 heterocycles. The summed E-state index contributed by atoms with van der Waals surface area (Å²) in [6.07, 6.45) is 3.26. The van der Waals surface area contributed by atoms with E-state index in [9.17, 15) is 18.0 Å². The van der Waals surface area contributed by atoms with E-state index in [1.807, 2.05) is 72.7 Å². The predicted octanol–water partition coefficient (Wildman–Crippen LogP) is 11.0. The molecule has 0 aliphatic heterocycles. The largest absolute Gasteiger partial charge is 0.293 e. The van der Waals surface area contributed by atoms with Crippen molar-refractivity contribution in [2.75, 3.05) is 0 Å². The van der Waals surface area contributed by atoms with Crippen molar-refractivity contribution in [3.05, 3.63) is 41.1 Å². The van der Waals surface area contributed by atoms with Crippen LogP contribution in [0.4, 0.5) is 13.2 Å². The second-order valence-corrected chi connectivity index (χ2v) is 9.72. The molecule has 0 spiro atoms. The van der Waals surface area contributed by atoms with Crippen LogP contribution in [0.15, 0.2) is 35.0 Å². The molecule has 0 aliphatic rings. The van der Waals surface area contributed by atoms with Crippen molar-refractivity contribution in [1.82, 2.24) is 0 Å². The van der Waals surface area contributed by atoms with Crippen LogP contribution in [0.2, 0.25) is 0 Å². The van der Waals surface area contributed by atoms with E-state index in [0.717, 1.165) is 30.2 Å². The molecule has 1 aromatic rings. The summed E-state index contributed by atoms with van der Waals surface area (Å²) in [5.41, 5.74) is 2.65. The van der Waals surface area contributed by atoms with Gasteiger partial charge in [0.25, 0.3) is 0 Å². The molecule has 1 aromatic carbocycles. The Balaban J connectivity index is -0.000000696. The molecule has 0 saturated heterocycles. The topological polar surface area (TPSA) is 29.4 Å². The number of Topliss-reactive ketones (excluding diaryl/α,β-unsaturated/α-hetero) is 1. The molecule has 36 heavy (non-hydrogen) atoms. The molecule has 0 bridgehead atoms. The highest BCUT2D eigenvalue weighted by Crippen LogP contribution is 2.33. The van der Waals surface area contributed by atoms with Crippen molar-refractivity contribution in [3.63, 3.8) is 0 Å². The zero-order valence-corrected chi connectivity index (χ0v) is 25.4. The van der Waals surface area contributed by atoms with E-state index >= 15 is 0 Å². The lowest BCUT2D eigenvalue weighted by molar-refractivity contribution is -0.111. The van der Waals surface area contributed by atoms with Gasteiger partial charge in [0, 0.05) is 19.0 Å². The molecule has 0 amide bonds. The number of hydrogen-bond donors (Lipinski definition) is 0. The van der Waals surface area contributed by atoms with E-state index < -0.39 is 11.6 Å². The third-order valence-electron chi connectivity index (χ3n) is 5.07. The molecule has 0 radical (unpaired) electrons. The highest BCUT2D eigenvalue weighted by Gasteiger charge is 2.26. The Kier molecular flexibility index (Phi) is 21.6. The van der Waals surface area contributed by atoms with E-state index in [1.54, 1.807) is 13.8 Å². The molecule has 1 unspecified atom stereocenters. The van der Waals surface area contributed by atoms with E-state index in [1.165, 1.54) is 13.3 Å². The zero-order valence-electron chi connectivity index (χ0n) is 25.4. The Labute approximate surface area is 220 Å². The normalized spacial score (nSPS) is 13.6. The van der Waals surface area contributed by atoms with E-state index in [4.69, 9.17) is 0 Å². The first-order chi connectivity index (χ1) is 16.5. The molecule has 0 N–H and O–H groups in total. The number of carbonyl (C=O) groups excluding carboxylic acids is 1. The number of ketones is 1. The molecular formula is C31H54F3NO. The maximum atomic E-state index is 14.8. The van der Waals surface area contributed by atoms with Crippen LogP contribution in [0.1, 0.15) is 133 Å². The van der Waals surface area contributed by atoms with E-state index in [0.29, 0.717) is 30.0 Å². The molecule has 0 aliphatic carbocycles. The first-order valence-corrected chi connectivity index (χ1v) is 13.4. The first kappa shape index (κ1) is 38.6. The smallest absolute Gasteiger partial charge is 0.245 e. The van der Waals surface area contributed by atoms with Crippen LogP contribution in [-0.2, 0) is 10.5 Å². The van der Waals surface area contributed by atoms with Crippen molar-refractivity contribution in [2.45, 2.75) is 134 Å². The van der Waals surface area contributed by atoms with Crippen LogP contribution in [0, 0.1) is 5.92 Å². The maximum Gasteiger partial charge on any atom is 0.245 e. The highest BCUT2D eigenvalue weighted by molar-refractivity contribution is 6.38. The van der Waals surface area contributed by atoms with E-state index in [2.05, 4.69) is 18.8 Å². The summed E-state index contributed by atoms with van der Waals surface area (Å²) in [4.78, 5) is 15.6. The fourth-order valence-electron chi connectivity index (χ4n) is 3.06. The minimum atomic E-state index is -2.45. The second-order valence-electron chi connectivity index (χ2n) is 9.72. The van der Waals surface area contributed by atoms with Gasteiger partial charge in [-0.05, 0) is 70.1 Å². The zero-order chi connectivity index (χ0) is 29.1. The standard InChI is InChI=1S/C20H28FNO.C6H12F2.C3H8.C2H6/c1-13(2)12-20(7,21)19-10-8-18(9-11-19)14(3)15(4)22-16(5)17(6)23;1-3-4-5-6(2,7)8;1-3-2;1-2/h8-11,13H,12H2,1-7H3;3-5H2,1-2H3;3H2,1-2H3;1-2H3/b15-14+,22-16?;;;. The molecule has 5 heteroatoms. The van der Waals surface area contributed by atoms with Gasteiger partial charge in [-0.25, -0.2) is 13.2 Å². The molecule has 0 aromatic heterocycles. The SMILES string of the molecule is CC.CC(=O)C(C)=N/C(C)=C(\C)c1ccc(C(C)(F)CC(C)C)cc1.CCC.CCCCC(C)(F)F. The van der Waals surface area contributed by atoms with Crippen LogP contribution in [0.5, 0.6) is 0 Å². The number of rotatable bonds is 9. The van der Waals surface area contributed by atoms with Gasteiger partial charge >= 0.3 is 0 Å². The van der Waals surface area contributed by atoms with Crippen LogP contribution in [0.3, 0.4) is 0 Å². The van der Waals surface area contributed by atoms with Crippen molar-refractivity contribution in [2.24, 2.45) is 10.9 Å². The summed E-state index contributed by atoms with van der Waals surface area (Å²) in [6, 6.07) is 7.53. The lowest BCUT2D eigenvalue weighted by Gasteiger charge is -2.23. The number of unbranched alkanes of at least 4 members (excludes halogenated alkanes) is 1. The van der Waals surface area contributed by atoms with Crippen molar-refractivity contribution in [1.29, 1.82) is 0 Å². The Morgan fingerprint density at radius 3 is 1.67 bits per heavy atom. The van der Waals surface area contributed by atoms with Gasteiger partial charge in [-0.3, -0.25) is 9.79 Å². The van der Waals surface area contributed by atoms with Crippen molar-refractivity contribution >= 4 is 17.1 Å². The lowest BCUT2D eigenvalue weighted by atomic mass is 9.88. The monoisotopic (exact) mass is 513 g/mol. The Bertz CT molecular complexity index is 770. The molecular weight excluding hydrogens is 459 g/mol. The minimum Gasteiger partial charge on any atom is -0.293 e. The Morgan fingerprint density at radius 1 is 0.917 bits per heavy atom. The number of carbonyl (C=O) groups is 1. The summed E-state index contributed by atoms with van der Waals surface area (Å²) >= 11 is 0. The number of allylic oxidation sites excluding steroid dienone is 2. The minimum absolute atomic E-state index is 0.0312. The van der Waals surface area contributed by atoms with Gasteiger partial charge in [0.05, 0.1) is 5.71 Å². The molecule has 0 saturated carbocycles. The predicted molar refractivity (Wildman–Crippen MR) is 154 cm³/mol. The summed E-state index contributed by atoms with van der Waals surface area (Å²) in [5, 5.41) is 0. The van der Waals surface area contributed by atoms with E-state index in [-0.39, 0.29) is 12.2 Å².